The van der Waals surface area contributed by atoms with Crippen LogP contribution in [0.3, 0.4) is 0 Å². The molecular formula is C18H18N2O. The maximum atomic E-state index is 10.5. The van der Waals surface area contributed by atoms with Gasteiger partial charge in [-0.05, 0) is 36.6 Å². The predicted molar refractivity (Wildman–Crippen MR) is 83.3 cm³/mol. The summed E-state index contributed by atoms with van der Waals surface area (Å²) in [5, 5.41) is 14.8. The van der Waals surface area contributed by atoms with E-state index in [1.807, 2.05) is 54.6 Å². The third kappa shape index (κ3) is 3.20. The Labute approximate surface area is 124 Å². The Morgan fingerprint density at radius 1 is 0.905 bits per heavy atom. The van der Waals surface area contributed by atoms with Gasteiger partial charge in [-0.15, -0.1) is 0 Å². The molecule has 3 nitrogen and oxygen atoms in total. The maximum absolute atomic E-state index is 10.5. The van der Waals surface area contributed by atoms with Gasteiger partial charge >= 0.3 is 0 Å². The molecule has 0 saturated carbocycles. The first-order chi connectivity index (χ1) is 10.3. The van der Waals surface area contributed by atoms with E-state index in [0.717, 1.165) is 17.8 Å². The van der Waals surface area contributed by atoms with Crippen LogP contribution >= 0.6 is 0 Å². The zero-order valence-corrected chi connectivity index (χ0v) is 11.8. The fraction of sp³-hybridized carbons (Fsp3) is 0.167. The minimum Gasteiger partial charge on any atom is -0.387 e. The maximum Gasteiger partial charge on any atom is 0.0964 e. The van der Waals surface area contributed by atoms with Crippen molar-refractivity contribution in [1.82, 2.24) is 9.78 Å². The summed E-state index contributed by atoms with van der Waals surface area (Å²) in [6, 6.07) is 22.0. The monoisotopic (exact) mass is 278 g/mol. The van der Waals surface area contributed by atoms with Crippen LogP contribution < -0.4 is 0 Å². The van der Waals surface area contributed by atoms with Gasteiger partial charge < -0.3 is 5.11 Å². The standard InChI is InChI=1S/C18H18N2O/c21-18(12-11-15-7-3-1-4-8-15)17-13-14-19-20(17)16-9-5-2-6-10-16/h1-10,13-14,18,21H,11-12H2. The lowest BCUT2D eigenvalue weighted by molar-refractivity contribution is 0.160. The number of aliphatic hydroxyl groups is 1. The molecule has 1 aromatic heterocycles. The van der Waals surface area contributed by atoms with Gasteiger partial charge in [-0.3, -0.25) is 0 Å². The summed E-state index contributed by atoms with van der Waals surface area (Å²) in [5.41, 5.74) is 3.04. The van der Waals surface area contributed by atoms with E-state index < -0.39 is 6.10 Å². The van der Waals surface area contributed by atoms with Crippen LogP contribution in [-0.2, 0) is 6.42 Å². The number of aliphatic hydroxyl groups excluding tert-OH is 1. The summed E-state index contributed by atoms with van der Waals surface area (Å²) >= 11 is 0. The van der Waals surface area contributed by atoms with Crippen LogP contribution in [-0.4, -0.2) is 14.9 Å². The van der Waals surface area contributed by atoms with Crippen molar-refractivity contribution in [1.29, 1.82) is 0 Å². The zero-order chi connectivity index (χ0) is 14.5. The van der Waals surface area contributed by atoms with Gasteiger partial charge in [0.25, 0.3) is 0 Å². The van der Waals surface area contributed by atoms with Crippen LogP contribution in [0.5, 0.6) is 0 Å². The van der Waals surface area contributed by atoms with Crippen LogP contribution in [0.15, 0.2) is 72.9 Å². The van der Waals surface area contributed by atoms with Gasteiger partial charge in [0.1, 0.15) is 0 Å². The Morgan fingerprint density at radius 3 is 2.29 bits per heavy atom. The van der Waals surface area contributed by atoms with Gasteiger partial charge in [0.2, 0.25) is 0 Å². The molecular weight excluding hydrogens is 260 g/mol. The lowest BCUT2D eigenvalue weighted by Gasteiger charge is -2.13. The van der Waals surface area contributed by atoms with Crippen molar-refractivity contribution in [2.75, 3.05) is 0 Å². The van der Waals surface area contributed by atoms with Crippen molar-refractivity contribution in [3.63, 3.8) is 0 Å². The van der Waals surface area contributed by atoms with E-state index in [-0.39, 0.29) is 0 Å². The Bertz CT molecular complexity index is 677. The number of benzene rings is 2. The highest BCUT2D eigenvalue weighted by atomic mass is 16.3. The van der Waals surface area contributed by atoms with Crippen molar-refractivity contribution < 1.29 is 5.11 Å². The third-order valence-electron chi connectivity index (χ3n) is 3.56. The van der Waals surface area contributed by atoms with Crippen LogP contribution in [0.4, 0.5) is 0 Å². The fourth-order valence-corrected chi connectivity index (χ4v) is 2.45. The topological polar surface area (TPSA) is 38.1 Å². The molecule has 0 saturated heterocycles. The number of aryl methyl sites for hydroxylation is 1. The summed E-state index contributed by atoms with van der Waals surface area (Å²) in [5.74, 6) is 0. The zero-order valence-electron chi connectivity index (χ0n) is 11.8. The number of hydrogen-bond acceptors (Lipinski definition) is 2. The molecule has 0 fully saturated rings. The second-order valence-electron chi connectivity index (χ2n) is 5.04. The Balaban J connectivity index is 1.74. The molecule has 1 atom stereocenters. The average Bonchev–Trinajstić information content (AvgIpc) is 3.04. The molecule has 106 valence electrons. The number of aromatic nitrogens is 2. The molecule has 3 heteroatoms. The Kier molecular flexibility index (Phi) is 4.12. The van der Waals surface area contributed by atoms with Crippen LogP contribution in [0.2, 0.25) is 0 Å². The summed E-state index contributed by atoms with van der Waals surface area (Å²) < 4.78 is 1.80. The van der Waals surface area contributed by atoms with Crippen LogP contribution in [0, 0.1) is 0 Å². The number of nitrogens with zero attached hydrogens (tertiary/aromatic N) is 2. The van der Waals surface area contributed by atoms with E-state index in [0.29, 0.717) is 6.42 Å². The normalized spacial score (nSPS) is 12.2. The minimum atomic E-state index is -0.520. The second-order valence-corrected chi connectivity index (χ2v) is 5.04. The first-order valence-electron chi connectivity index (χ1n) is 7.16. The third-order valence-corrected chi connectivity index (χ3v) is 3.56. The predicted octanol–water partition coefficient (Wildman–Crippen LogP) is 3.54. The molecule has 0 spiro atoms. The molecule has 1 heterocycles. The van der Waals surface area contributed by atoms with Gasteiger partial charge in [0.15, 0.2) is 0 Å². The van der Waals surface area contributed by atoms with Gasteiger partial charge in [-0.25, -0.2) is 4.68 Å². The SMILES string of the molecule is OC(CCc1ccccc1)c1ccnn1-c1ccccc1. The molecule has 1 unspecified atom stereocenters. The molecule has 0 aliphatic rings. The highest BCUT2D eigenvalue weighted by Gasteiger charge is 2.14. The second kappa shape index (κ2) is 6.37. The molecule has 1 N–H and O–H groups in total. The molecule has 0 radical (unpaired) electrons. The Morgan fingerprint density at radius 2 is 1.57 bits per heavy atom. The lowest BCUT2D eigenvalue weighted by Crippen LogP contribution is -2.08. The van der Waals surface area contributed by atoms with Crippen molar-refractivity contribution in [2.45, 2.75) is 18.9 Å². The highest BCUT2D eigenvalue weighted by Crippen LogP contribution is 2.21. The molecule has 0 aliphatic heterocycles. The van der Waals surface area contributed by atoms with Crippen molar-refractivity contribution in [3.05, 3.63) is 84.2 Å². The van der Waals surface area contributed by atoms with Crippen LogP contribution in [0.25, 0.3) is 5.69 Å². The largest absolute Gasteiger partial charge is 0.387 e. The van der Waals surface area contributed by atoms with Crippen LogP contribution in [0.1, 0.15) is 23.8 Å². The van der Waals surface area contributed by atoms with E-state index in [9.17, 15) is 5.11 Å². The summed E-state index contributed by atoms with van der Waals surface area (Å²) in [4.78, 5) is 0. The van der Waals surface area contributed by atoms with Gasteiger partial charge in [0.05, 0.1) is 17.5 Å². The molecule has 0 aliphatic carbocycles. The summed E-state index contributed by atoms with van der Waals surface area (Å²) in [6.07, 6.45) is 2.74. The first-order valence-corrected chi connectivity index (χ1v) is 7.16. The number of rotatable bonds is 5. The molecule has 2 aromatic carbocycles. The van der Waals surface area contributed by atoms with Crippen molar-refractivity contribution >= 4 is 0 Å². The fourth-order valence-electron chi connectivity index (χ4n) is 2.45. The van der Waals surface area contributed by atoms with Gasteiger partial charge in [0, 0.05) is 6.20 Å². The van der Waals surface area contributed by atoms with E-state index in [1.165, 1.54) is 5.56 Å². The Hall–Kier alpha value is -2.39. The smallest absolute Gasteiger partial charge is 0.0964 e. The van der Waals surface area contributed by atoms with Crippen molar-refractivity contribution in [2.24, 2.45) is 0 Å². The van der Waals surface area contributed by atoms with E-state index in [1.54, 1.807) is 10.9 Å². The lowest BCUT2D eigenvalue weighted by atomic mass is 10.0. The quantitative estimate of drug-likeness (QED) is 0.775. The van der Waals surface area contributed by atoms with Crippen molar-refractivity contribution in [3.8, 4) is 5.69 Å². The number of hydrogen-bond donors (Lipinski definition) is 1. The van der Waals surface area contributed by atoms with E-state index in [2.05, 4.69) is 17.2 Å². The van der Waals surface area contributed by atoms with Gasteiger partial charge in [-0.1, -0.05) is 48.5 Å². The summed E-state index contributed by atoms with van der Waals surface area (Å²) in [7, 11) is 0. The number of para-hydroxylation sites is 1. The molecule has 21 heavy (non-hydrogen) atoms. The first kappa shape index (κ1) is 13.6. The highest BCUT2D eigenvalue weighted by molar-refractivity contribution is 5.32. The van der Waals surface area contributed by atoms with E-state index >= 15 is 0 Å². The van der Waals surface area contributed by atoms with Gasteiger partial charge in [-0.2, -0.15) is 5.10 Å². The van der Waals surface area contributed by atoms with E-state index in [4.69, 9.17) is 0 Å². The molecule has 3 aromatic rings. The molecule has 0 bridgehead atoms. The minimum absolute atomic E-state index is 0.520. The average molecular weight is 278 g/mol. The molecule has 3 rings (SSSR count). The molecule has 0 amide bonds. The summed E-state index contributed by atoms with van der Waals surface area (Å²) in [6.45, 7) is 0.